The van der Waals surface area contributed by atoms with Crippen LogP contribution in [-0.4, -0.2) is 21.6 Å². The molecule has 1 aromatic heterocycles. The predicted octanol–water partition coefficient (Wildman–Crippen LogP) is 3.81. The first-order valence-electron chi connectivity index (χ1n) is 7.10. The molecular formula is C18H14N2O2. The van der Waals surface area contributed by atoms with Crippen LogP contribution >= 0.6 is 0 Å². The lowest BCUT2D eigenvalue weighted by Gasteiger charge is -2.00. The van der Waals surface area contributed by atoms with E-state index < -0.39 is 0 Å². The molecule has 0 unspecified atom stereocenters. The van der Waals surface area contributed by atoms with E-state index in [1.165, 1.54) is 0 Å². The zero-order valence-corrected chi connectivity index (χ0v) is 12.3. The number of fused-ring (bicyclic) bond motifs is 2. The predicted molar refractivity (Wildman–Crippen MR) is 86.4 cm³/mol. The number of hydrogen-bond acceptors (Lipinski definition) is 3. The molecule has 108 valence electrons. The third kappa shape index (κ3) is 1.70. The normalized spacial score (nSPS) is 13.5. The van der Waals surface area contributed by atoms with Crippen LogP contribution in [0.1, 0.15) is 27.0 Å². The monoisotopic (exact) mass is 290 g/mol. The van der Waals surface area contributed by atoms with Crippen LogP contribution in [-0.2, 0) is 0 Å². The van der Waals surface area contributed by atoms with Crippen molar-refractivity contribution in [1.82, 2.24) is 4.98 Å². The summed E-state index contributed by atoms with van der Waals surface area (Å²) in [6, 6.07) is 11.4. The Hall–Kier alpha value is -2.88. The maximum absolute atomic E-state index is 12.7. The van der Waals surface area contributed by atoms with E-state index in [-0.39, 0.29) is 11.7 Å². The van der Waals surface area contributed by atoms with Crippen LogP contribution in [0.3, 0.4) is 0 Å². The van der Waals surface area contributed by atoms with Crippen molar-refractivity contribution in [3.05, 3.63) is 58.7 Å². The lowest BCUT2D eigenvalue weighted by Crippen LogP contribution is -2.11. The van der Waals surface area contributed by atoms with Crippen LogP contribution in [0.2, 0.25) is 0 Å². The summed E-state index contributed by atoms with van der Waals surface area (Å²) in [5.74, 6) is -0.159. The number of nitrogens with one attached hydrogen (secondary N) is 1. The molecule has 0 spiro atoms. The number of Topliss-reactive ketones (excluding diaryl/α,β-unsaturated/α-hetero) is 1. The molecule has 3 aromatic rings. The van der Waals surface area contributed by atoms with Crippen LogP contribution < -0.4 is 0 Å². The molecule has 0 fully saturated rings. The van der Waals surface area contributed by atoms with E-state index >= 15 is 0 Å². The molecule has 0 aliphatic carbocycles. The van der Waals surface area contributed by atoms with E-state index in [0.717, 1.165) is 22.0 Å². The highest BCUT2D eigenvalue weighted by atomic mass is 16.3. The number of rotatable bonds is 1. The van der Waals surface area contributed by atoms with Crippen LogP contribution in [0.15, 0.2) is 41.4 Å². The summed E-state index contributed by atoms with van der Waals surface area (Å²) in [5, 5.41) is 11.1. The molecule has 0 saturated carbocycles. The number of aryl methyl sites for hydroxylation is 2. The molecule has 1 aliphatic heterocycles. The van der Waals surface area contributed by atoms with Gasteiger partial charge in [0.2, 0.25) is 5.78 Å². The number of carbonyl (C=O) groups excluding carboxylic acids is 1. The summed E-state index contributed by atoms with van der Waals surface area (Å²) < 4.78 is 0. The van der Waals surface area contributed by atoms with Gasteiger partial charge in [0.1, 0.15) is 5.71 Å². The van der Waals surface area contributed by atoms with Crippen LogP contribution in [0, 0.1) is 13.8 Å². The van der Waals surface area contributed by atoms with Crippen LogP contribution in [0.25, 0.3) is 10.9 Å². The van der Waals surface area contributed by atoms with Gasteiger partial charge in [-0.05, 0) is 38.1 Å². The first-order valence-corrected chi connectivity index (χ1v) is 7.10. The van der Waals surface area contributed by atoms with E-state index in [9.17, 15) is 9.90 Å². The smallest absolute Gasteiger partial charge is 0.214 e. The van der Waals surface area contributed by atoms with Gasteiger partial charge in [-0.15, -0.1) is 0 Å². The van der Waals surface area contributed by atoms with Gasteiger partial charge >= 0.3 is 0 Å². The van der Waals surface area contributed by atoms with Crippen LogP contribution in [0.4, 0.5) is 5.69 Å². The number of benzene rings is 2. The molecule has 4 nitrogen and oxygen atoms in total. The number of aliphatic imine (C=N–C) groups is 1. The summed E-state index contributed by atoms with van der Waals surface area (Å²) in [5.41, 5.74) is 4.91. The zero-order valence-electron chi connectivity index (χ0n) is 12.3. The molecule has 2 heterocycles. The van der Waals surface area contributed by atoms with Crippen molar-refractivity contribution in [3.8, 4) is 5.88 Å². The first kappa shape index (κ1) is 12.8. The molecule has 0 saturated heterocycles. The second-order valence-electron chi connectivity index (χ2n) is 5.71. The van der Waals surface area contributed by atoms with Crippen molar-refractivity contribution in [1.29, 1.82) is 0 Å². The van der Waals surface area contributed by atoms with Crippen molar-refractivity contribution in [2.75, 3.05) is 0 Å². The standard InChI is InChI=1S/C18H14N2O2/c1-9-3-5-13-11(7-9)15(18(22)20-13)16-17(21)12-8-10(2)4-6-14(12)19-16/h3-8,20,22H,1-2H3. The Kier molecular flexibility index (Phi) is 2.51. The number of ketones is 1. The fourth-order valence-corrected chi connectivity index (χ4v) is 2.93. The molecule has 0 radical (unpaired) electrons. The number of carbonyl (C=O) groups is 1. The lowest BCUT2D eigenvalue weighted by atomic mass is 10.00. The average molecular weight is 290 g/mol. The third-order valence-electron chi connectivity index (χ3n) is 4.02. The van der Waals surface area contributed by atoms with Gasteiger partial charge < -0.3 is 10.1 Å². The van der Waals surface area contributed by atoms with Crippen LogP contribution in [0.5, 0.6) is 5.88 Å². The van der Waals surface area contributed by atoms with E-state index in [4.69, 9.17) is 0 Å². The molecule has 4 rings (SSSR count). The van der Waals surface area contributed by atoms with E-state index in [2.05, 4.69) is 9.98 Å². The quantitative estimate of drug-likeness (QED) is 0.715. The Morgan fingerprint density at radius 2 is 1.77 bits per heavy atom. The molecule has 1 aliphatic rings. The number of aromatic nitrogens is 1. The highest BCUT2D eigenvalue weighted by Gasteiger charge is 2.30. The number of aromatic amines is 1. The largest absolute Gasteiger partial charge is 0.494 e. The maximum Gasteiger partial charge on any atom is 0.214 e. The molecule has 2 N–H and O–H groups in total. The fraction of sp³-hybridized carbons (Fsp3) is 0.111. The molecular weight excluding hydrogens is 276 g/mol. The van der Waals surface area contributed by atoms with Gasteiger partial charge in [0.05, 0.1) is 16.8 Å². The molecule has 0 atom stereocenters. The van der Waals surface area contributed by atoms with Crippen molar-refractivity contribution in [3.63, 3.8) is 0 Å². The Bertz CT molecular complexity index is 980. The highest BCUT2D eigenvalue weighted by molar-refractivity contribution is 6.56. The summed E-state index contributed by atoms with van der Waals surface area (Å²) in [6.45, 7) is 3.92. The average Bonchev–Trinajstić information content (AvgIpc) is 2.96. The second-order valence-corrected chi connectivity index (χ2v) is 5.71. The summed E-state index contributed by atoms with van der Waals surface area (Å²) in [7, 11) is 0. The Labute approximate surface area is 127 Å². The summed E-state index contributed by atoms with van der Waals surface area (Å²) >= 11 is 0. The minimum absolute atomic E-state index is 0.0165. The maximum atomic E-state index is 12.7. The number of nitrogens with zero attached hydrogens (tertiary/aromatic N) is 1. The molecule has 0 bridgehead atoms. The zero-order chi connectivity index (χ0) is 15.4. The number of hydrogen-bond donors (Lipinski definition) is 2. The Morgan fingerprint density at radius 1 is 1.05 bits per heavy atom. The van der Waals surface area contributed by atoms with E-state index in [1.807, 2.05) is 50.2 Å². The van der Waals surface area contributed by atoms with Gasteiger partial charge in [-0.25, -0.2) is 4.99 Å². The SMILES string of the molecule is Cc1ccc2c(c1)C(=O)C(c1c(O)[nH]c3ccc(C)cc13)=N2. The van der Waals surface area contributed by atoms with Crippen molar-refractivity contribution in [2.45, 2.75) is 13.8 Å². The van der Waals surface area contributed by atoms with Gasteiger partial charge in [-0.3, -0.25) is 4.79 Å². The van der Waals surface area contributed by atoms with Crippen molar-refractivity contribution >= 4 is 28.1 Å². The minimum atomic E-state index is -0.142. The van der Waals surface area contributed by atoms with E-state index in [1.54, 1.807) is 0 Å². The van der Waals surface area contributed by atoms with Crippen molar-refractivity contribution < 1.29 is 9.90 Å². The van der Waals surface area contributed by atoms with Gasteiger partial charge in [0.15, 0.2) is 5.88 Å². The summed E-state index contributed by atoms with van der Waals surface area (Å²) in [4.78, 5) is 20.0. The molecule has 4 heteroatoms. The molecule has 22 heavy (non-hydrogen) atoms. The summed E-state index contributed by atoms with van der Waals surface area (Å²) in [6.07, 6.45) is 0. The lowest BCUT2D eigenvalue weighted by molar-refractivity contribution is 0.107. The highest BCUT2D eigenvalue weighted by Crippen LogP contribution is 2.35. The fourth-order valence-electron chi connectivity index (χ4n) is 2.93. The number of aromatic hydroxyl groups is 1. The van der Waals surface area contributed by atoms with Gasteiger partial charge in [-0.1, -0.05) is 23.3 Å². The molecule has 2 aromatic carbocycles. The molecule has 0 amide bonds. The Balaban J connectivity index is 1.96. The number of H-pyrrole nitrogens is 1. The van der Waals surface area contributed by atoms with Gasteiger partial charge in [-0.2, -0.15) is 0 Å². The van der Waals surface area contributed by atoms with Crippen molar-refractivity contribution in [2.24, 2.45) is 4.99 Å². The first-order chi connectivity index (χ1) is 10.5. The van der Waals surface area contributed by atoms with E-state index in [0.29, 0.717) is 22.5 Å². The van der Waals surface area contributed by atoms with Gasteiger partial charge in [0.25, 0.3) is 0 Å². The van der Waals surface area contributed by atoms with Gasteiger partial charge in [0, 0.05) is 10.9 Å². The second kappa shape index (κ2) is 4.31. The topological polar surface area (TPSA) is 65.4 Å². The minimum Gasteiger partial charge on any atom is -0.494 e. The Morgan fingerprint density at radius 3 is 2.59 bits per heavy atom. The third-order valence-corrected chi connectivity index (χ3v) is 4.02.